The van der Waals surface area contributed by atoms with E-state index < -0.39 is 0 Å². The van der Waals surface area contributed by atoms with Gasteiger partial charge in [-0.3, -0.25) is 9.80 Å². The molecule has 2 aliphatic rings. The standard InChI is InChI=1S/C20H27N3O3/c1-14-9-20(25)26-19-10-15(3-4-16(14)19)11-22-12-17(18(24)13-22)23-7-5-21(2)6-8-23/h3-4,9-10,17-18,24H,5-8,11-13H2,1-2H3/t17-,18-/m1/s1. The maximum absolute atomic E-state index is 11.6. The number of nitrogens with zero attached hydrogens (tertiary/aromatic N) is 3. The highest BCUT2D eigenvalue weighted by Gasteiger charge is 2.36. The van der Waals surface area contributed by atoms with Crippen LogP contribution < -0.4 is 5.63 Å². The lowest BCUT2D eigenvalue weighted by atomic mass is 10.1. The van der Waals surface area contributed by atoms with E-state index in [4.69, 9.17) is 4.42 Å². The highest BCUT2D eigenvalue weighted by molar-refractivity contribution is 5.80. The number of β-amino-alcohol motifs (C(OH)–C–C–N with tert-alkyl or cyclic N) is 1. The Morgan fingerprint density at radius 1 is 1.15 bits per heavy atom. The molecule has 140 valence electrons. The van der Waals surface area contributed by atoms with Crippen molar-refractivity contribution in [1.29, 1.82) is 0 Å². The molecule has 0 bridgehead atoms. The van der Waals surface area contributed by atoms with Crippen LogP contribution in [0.4, 0.5) is 0 Å². The number of hydrogen-bond donors (Lipinski definition) is 1. The molecule has 1 N–H and O–H groups in total. The summed E-state index contributed by atoms with van der Waals surface area (Å²) >= 11 is 0. The normalized spacial score (nSPS) is 26.0. The van der Waals surface area contributed by atoms with Crippen molar-refractivity contribution in [2.45, 2.75) is 25.6 Å². The van der Waals surface area contributed by atoms with Gasteiger partial charge in [-0.25, -0.2) is 4.79 Å². The van der Waals surface area contributed by atoms with E-state index in [1.54, 1.807) is 0 Å². The minimum Gasteiger partial charge on any atom is -0.423 e. The lowest BCUT2D eigenvalue weighted by Crippen LogP contribution is -2.52. The Hall–Kier alpha value is -1.73. The molecule has 0 radical (unpaired) electrons. The molecule has 0 spiro atoms. The van der Waals surface area contributed by atoms with Crippen LogP contribution in [0.25, 0.3) is 11.0 Å². The predicted octanol–water partition coefficient (Wildman–Crippen LogP) is 0.894. The summed E-state index contributed by atoms with van der Waals surface area (Å²) in [7, 11) is 2.15. The van der Waals surface area contributed by atoms with Crippen LogP contribution in [0.1, 0.15) is 11.1 Å². The maximum atomic E-state index is 11.6. The van der Waals surface area contributed by atoms with Gasteiger partial charge in [0.1, 0.15) is 5.58 Å². The predicted molar refractivity (Wildman–Crippen MR) is 101 cm³/mol. The van der Waals surface area contributed by atoms with Gasteiger partial charge in [-0.05, 0) is 31.2 Å². The zero-order chi connectivity index (χ0) is 18.3. The number of fused-ring (bicyclic) bond motifs is 1. The molecule has 26 heavy (non-hydrogen) atoms. The zero-order valence-electron chi connectivity index (χ0n) is 15.5. The second-order valence-corrected chi connectivity index (χ2v) is 7.75. The van der Waals surface area contributed by atoms with Gasteiger partial charge in [-0.2, -0.15) is 0 Å². The summed E-state index contributed by atoms with van der Waals surface area (Å²) in [4.78, 5) is 18.7. The highest BCUT2D eigenvalue weighted by atomic mass is 16.4. The molecule has 2 atom stereocenters. The summed E-state index contributed by atoms with van der Waals surface area (Å²) in [6.45, 7) is 8.41. The molecule has 2 saturated heterocycles. The van der Waals surface area contributed by atoms with Crippen molar-refractivity contribution in [3.63, 3.8) is 0 Å². The van der Waals surface area contributed by atoms with Crippen molar-refractivity contribution in [3.05, 3.63) is 45.8 Å². The molecule has 2 aromatic rings. The lowest BCUT2D eigenvalue weighted by Gasteiger charge is -2.37. The van der Waals surface area contributed by atoms with Gasteiger partial charge in [0.25, 0.3) is 0 Å². The van der Waals surface area contributed by atoms with E-state index in [9.17, 15) is 9.90 Å². The third-order valence-corrected chi connectivity index (χ3v) is 5.76. The summed E-state index contributed by atoms with van der Waals surface area (Å²) in [5.41, 5.74) is 2.38. The molecular weight excluding hydrogens is 330 g/mol. The minimum atomic E-state index is -0.307. The molecular formula is C20H27N3O3. The number of aliphatic hydroxyl groups excluding tert-OH is 1. The quantitative estimate of drug-likeness (QED) is 0.824. The van der Waals surface area contributed by atoms with Crippen molar-refractivity contribution in [1.82, 2.24) is 14.7 Å². The first-order valence-corrected chi connectivity index (χ1v) is 9.36. The van der Waals surface area contributed by atoms with E-state index in [1.165, 1.54) is 6.07 Å². The van der Waals surface area contributed by atoms with E-state index in [1.807, 2.05) is 19.1 Å². The number of benzene rings is 1. The van der Waals surface area contributed by atoms with Crippen LogP contribution in [0.5, 0.6) is 0 Å². The van der Waals surface area contributed by atoms with Gasteiger partial charge in [0.2, 0.25) is 0 Å². The van der Waals surface area contributed by atoms with E-state index in [-0.39, 0.29) is 17.8 Å². The monoisotopic (exact) mass is 357 g/mol. The summed E-state index contributed by atoms with van der Waals surface area (Å²) in [5.74, 6) is 0. The van der Waals surface area contributed by atoms with Crippen molar-refractivity contribution in [3.8, 4) is 0 Å². The van der Waals surface area contributed by atoms with Gasteiger partial charge in [0, 0.05) is 63.3 Å². The second-order valence-electron chi connectivity index (χ2n) is 7.75. The van der Waals surface area contributed by atoms with E-state index in [2.05, 4.69) is 27.8 Å². The first-order valence-electron chi connectivity index (χ1n) is 9.36. The fourth-order valence-corrected chi connectivity index (χ4v) is 4.21. The van der Waals surface area contributed by atoms with Gasteiger partial charge in [-0.1, -0.05) is 12.1 Å². The van der Waals surface area contributed by atoms with Crippen molar-refractivity contribution in [2.75, 3.05) is 46.3 Å². The zero-order valence-corrected chi connectivity index (χ0v) is 15.5. The Kier molecular flexibility index (Phi) is 4.84. The summed E-state index contributed by atoms with van der Waals surface area (Å²) < 4.78 is 5.36. The number of hydrogen-bond acceptors (Lipinski definition) is 6. The van der Waals surface area contributed by atoms with Gasteiger partial charge >= 0.3 is 5.63 Å². The molecule has 1 aromatic carbocycles. The van der Waals surface area contributed by atoms with Crippen LogP contribution in [-0.2, 0) is 6.54 Å². The maximum Gasteiger partial charge on any atom is 0.336 e. The Balaban J connectivity index is 1.46. The summed E-state index contributed by atoms with van der Waals surface area (Å²) in [6.07, 6.45) is -0.306. The van der Waals surface area contributed by atoms with Crippen molar-refractivity contribution < 1.29 is 9.52 Å². The minimum absolute atomic E-state index is 0.212. The third-order valence-electron chi connectivity index (χ3n) is 5.76. The Morgan fingerprint density at radius 3 is 2.69 bits per heavy atom. The molecule has 0 unspecified atom stereocenters. The summed E-state index contributed by atoms with van der Waals surface area (Å²) in [6, 6.07) is 7.81. The third kappa shape index (κ3) is 3.55. The molecule has 2 fully saturated rings. The van der Waals surface area contributed by atoms with Crippen LogP contribution in [0, 0.1) is 6.92 Å². The Bertz CT molecular complexity index is 842. The number of aryl methyl sites for hydroxylation is 1. The number of rotatable bonds is 3. The lowest BCUT2D eigenvalue weighted by molar-refractivity contribution is 0.0512. The highest BCUT2D eigenvalue weighted by Crippen LogP contribution is 2.23. The van der Waals surface area contributed by atoms with Crippen molar-refractivity contribution >= 4 is 11.0 Å². The molecule has 0 saturated carbocycles. The van der Waals surface area contributed by atoms with Gasteiger partial charge in [0.05, 0.1) is 6.10 Å². The number of piperazine rings is 1. The fourth-order valence-electron chi connectivity index (χ4n) is 4.21. The van der Waals surface area contributed by atoms with Gasteiger partial charge in [-0.15, -0.1) is 0 Å². The van der Waals surface area contributed by atoms with Gasteiger partial charge in [0.15, 0.2) is 0 Å². The average Bonchev–Trinajstić information content (AvgIpc) is 2.95. The molecule has 2 aliphatic heterocycles. The van der Waals surface area contributed by atoms with Crippen LogP contribution >= 0.6 is 0 Å². The first-order chi connectivity index (χ1) is 12.5. The number of likely N-dealkylation sites (tertiary alicyclic amines) is 1. The van der Waals surface area contributed by atoms with Crippen LogP contribution in [0.3, 0.4) is 0 Å². The first kappa shape index (κ1) is 17.7. The molecule has 0 amide bonds. The van der Waals surface area contributed by atoms with Crippen LogP contribution in [-0.4, -0.2) is 78.3 Å². The molecule has 4 rings (SSSR count). The van der Waals surface area contributed by atoms with E-state index >= 15 is 0 Å². The Labute approximate surface area is 153 Å². The molecule has 6 heteroatoms. The van der Waals surface area contributed by atoms with Crippen LogP contribution in [0.2, 0.25) is 0 Å². The van der Waals surface area contributed by atoms with Crippen molar-refractivity contribution in [2.24, 2.45) is 0 Å². The van der Waals surface area contributed by atoms with E-state index in [0.717, 1.165) is 55.8 Å². The molecule has 1 aromatic heterocycles. The number of aliphatic hydroxyl groups is 1. The smallest absolute Gasteiger partial charge is 0.336 e. The molecule has 3 heterocycles. The largest absolute Gasteiger partial charge is 0.423 e. The summed E-state index contributed by atoms with van der Waals surface area (Å²) in [5, 5.41) is 11.5. The SMILES string of the molecule is Cc1cc(=O)oc2cc(CN3C[C@@H](O)[C@H](N4CCN(C)CC4)C3)ccc12. The Morgan fingerprint density at radius 2 is 1.92 bits per heavy atom. The topological polar surface area (TPSA) is 60.2 Å². The average molecular weight is 357 g/mol. The van der Waals surface area contributed by atoms with E-state index in [0.29, 0.717) is 12.1 Å². The second kappa shape index (κ2) is 7.12. The number of likely N-dealkylation sites (N-methyl/N-ethyl adjacent to an activating group) is 1. The van der Waals surface area contributed by atoms with Gasteiger partial charge < -0.3 is 14.4 Å². The fraction of sp³-hybridized carbons (Fsp3) is 0.550. The van der Waals surface area contributed by atoms with Crippen LogP contribution in [0.15, 0.2) is 33.5 Å². The molecule has 0 aliphatic carbocycles. The molecule has 6 nitrogen and oxygen atoms in total.